The van der Waals surface area contributed by atoms with Gasteiger partial charge in [-0.2, -0.15) is 0 Å². The number of hydrogen-bond acceptors (Lipinski definition) is 6. The van der Waals surface area contributed by atoms with Crippen LogP contribution in [-0.2, 0) is 0 Å². The number of pyridine rings is 1. The molecule has 9 heteroatoms. The van der Waals surface area contributed by atoms with Gasteiger partial charge in [-0.3, -0.25) is 19.9 Å². The minimum atomic E-state index is -1.03. The molecular formula is C22H19N5O4. The maximum Gasteiger partial charge on any atom is 0.269 e. The summed E-state index contributed by atoms with van der Waals surface area (Å²) < 4.78 is 0. The van der Waals surface area contributed by atoms with Gasteiger partial charge >= 0.3 is 0 Å². The molecule has 0 aliphatic carbocycles. The Morgan fingerprint density at radius 3 is 2.52 bits per heavy atom. The fourth-order valence-corrected chi connectivity index (χ4v) is 3.31. The van der Waals surface area contributed by atoms with Crippen molar-refractivity contribution in [2.75, 3.05) is 0 Å². The van der Waals surface area contributed by atoms with E-state index in [0.29, 0.717) is 28.0 Å². The summed E-state index contributed by atoms with van der Waals surface area (Å²) in [5.41, 5.74) is 2.85. The number of H-pyrrole nitrogens is 1. The predicted molar refractivity (Wildman–Crippen MR) is 114 cm³/mol. The van der Waals surface area contributed by atoms with E-state index in [2.05, 4.69) is 20.3 Å². The average Bonchev–Trinajstić information content (AvgIpc) is 3.23. The van der Waals surface area contributed by atoms with Crippen molar-refractivity contribution in [3.05, 3.63) is 88.2 Å². The Bertz CT molecular complexity index is 1240. The van der Waals surface area contributed by atoms with Gasteiger partial charge in [0.15, 0.2) is 0 Å². The summed E-state index contributed by atoms with van der Waals surface area (Å²) in [6, 6.07) is 13.8. The van der Waals surface area contributed by atoms with Gasteiger partial charge in [-0.15, -0.1) is 0 Å². The largest absolute Gasteiger partial charge is 0.386 e. The van der Waals surface area contributed by atoms with Gasteiger partial charge in [-0.25, -0.2) is 4.98 Å². The zero-order valence-corrected chi connectivity index (χ0v) is 16.5. The van der Waals surface area contributed by atoms with Crippen LogP contribution in [0.2, 0.25) is 0 Å². The van der Waals surface area contributed by atoms with Crippen molar-refractivity contribution in [1.82, 2.24) is 20.3 Å². The van der Waals surface area contributed by atoms with E-state index < -0.39 is 17.1 Å². The zero-order chi connectivity index (χ0) is 22.0. The third-order valence-electron chi connectivity index (χ3n) is 4.99. The lowest BCUT2D eigenvalue weighted by molar-refractivity contribution is -0.384. The first-order chi connectivity index (χ1) is 14.9. The zero-order valence-electron chi connectivity index (χ0n) is 16.5. The normalized spacial score (nSPS) is 13.0. The Kier molecular flexibility index (Phi) is 5.42. The summed E-state index contributed by atoms with van der Waals surface area (Å²) in [4.78, 5) is 35.0. The number of para-hydroxylation sites is 1. The minimum Gasteiger partial charge on any atom is -0.386 e. The van der Waals surface area contributed by atoms with Crippen LogP contribution in [0.15, 0.2) is 67.0 Å². The smallest absolute Gasteiger partial charge is 0.269 e. The van der Waals surface area contributed by atoms with Crippen LogP contribution in [0.3, 0.4) is 0 Å². The summed E-state index contributed by atoms with van der Waals surface area (Å²) in [7, 11) is 0. The van der Waals surface area contributed by atoms with Crippen molar-refractivity contribution in [1.29, 1.82) is 0 Å². The number of imidazole rings is 1. The van der Waals surface area contributed by atoms with Gasteiger partial charge in [0.2, 0.25) is 0 Å². The Hall–Kier alpha value is -4.11. The Labute approximate surface area is 176 Å². The van der Waals surface area contributed by atoms with E-state index >= 15 is 0 Å². The van der Waals surface area contributed by atoms with Crippen LogP contribution < -0.4 is 5.32 Å². The molecule has 2 atom stereocenters. The van der Waals surface area contributed by atoms with E-state index in [1.165, 1.54) is 24.3 Å². The maximum atomic E-state index is 12.9. The molecule has 31 heavy (non-hydrogen) atoms. The number of carbonyl (C=O) groups is 1. The first-order valence-corrected chi connectivity index (χ1v) is 9.56. The van der Waals surface area contributed by atoms with E-state index in [0.717, 1.165) is 5.56 Å². The lowest BCUT2D eigenvalue weighted by Crippen LogP contribution is -2.37. The number of nitrogens with zero attached hydrogens (tertiary/aromatic N) is 3. The number of carbonyl (C=O) groups excluding carboxylic acids is 1. The number of nitrogens with one attached hydrogen (secondary N) is 2. The molecule has 2 aromatic heterocycles. The van der Waals surface area contributed by atoms with Crippen molar-refractivity contribution in [2.24, 2.45) is 0 Å². The molecule has 1 amide bonds. The number of hydrogen-bond donors (Lipinski definition) is 3. The summed E-state index contributed by atoms with van der Waals surface area (Å²) >= 11 is 0. The number of nitro benzene ring substituents is 1. The SMILES string of the molecule is CC(NC(=O)c1cccc2[nH]c(-c3ccncc3)nc12)C(O)c1ccc([N+](=O)[O-])cc1. The molecule has 0 saturated heterocycles. The molecule has 2 aromatic carbocycles. The molecule has 3 N–H and O–H groups in total. The van der Waals surface area contributed by atoms with Gasteiger partial charge in [0.05, 0.1) is 28.1 Å². The van der Waals surface area contributed by atoms with E-state index in [4.69, 9.17) is 0 Å². The molecule has 2 heterocycles. The fraction of sp³-hybridized carbons (Fsp3) is 0.136. The fourth-order valence-electron chi connectivity index (χ4n) is 3.31. The predicted octanol–water partition coefficient (Wildman–Crippen LogP) is 3.39. The summed E-state index contributed by atoms with van der Waals surface area (Å²) in [6.45, 7) is 1.66. The number of amides is 1. The average molecular weight is 417 g/mol. The standard InChI is InChI=1S/C22H19N5O4/c1-13(20(28)14-5-7-16(8-6-14)27(30)31)24-22(29)17-3-2-4-18-19(17)26-21(25-18)15-9-11-23-12-10-15/h2-13,20,28H,1H3,(H,24,29)(H,25,26). The molecule has 0 aliphatic heterocycles. The molecule has 0 spiro atoms. The van der Waals surface area contributed by atoms with Crippen molar-refractivity contribution < 1.29 is 14.8 Å². The highest BCUT2D eigenvalue weighted by Gasteiger charge is 2.22. The topological polar surface area (TPSA) is 134 Å². The minimum absolute atomic E-state index is 0.0668. The van der Waals surface area contributed by atoms with Crippen molar-refractivity contribution in [3.8, 4) is 11.4 Å². The number of benzene rings is 2. The van der Waals surface area contributed by atoms with Gasteiger partial charge in [0, 0.05) is 30.1 Å². The summed E-state index contributed by atoms with van der Waals surface area (Å²) in [5.74, 6) is 0.239. The number of nitro groups is 1. The van der Waals surface area contributed by atoms with Crippen LogP contribution in [0, 0.1) is 10.1 Å². The van der Waals surface area contributed by atoms with Crippen molar-refractivity contribution in [2.45, 2.75) is 19.1 Å². The molecule has 0 aliphatic rings. The van der Waals surface area contributed by atoms with Crippen LogP contribution in [0.25, 0.3) is 22.4 Å². The van der Waals surface area contributed by atoms with Crippen LogP contribution in [0.1, 0.15) is 28.9 Å². The molecule has 0 saturated carbocycles. The van der Waals surface area contributed by atoms with Crippen LogP contribution >= 0.6 is 0 Å². The third kappa shape index (κ3) is 4.12. The number of rotatable bonds is 6. The number of aromatic nitrogens is 3. The third-order valence-corrected chi connectivity index (χ3v) is 4.99. The Balaban J connectivity index is 1.55. The lowest BCUT2D eigenvalue weighted by Gasteiger charge is -2.20. The number of non-ortho nitro benzene ring substituents is 1. The summed E-state index contributed by atoms with van der Waals surface area (Å²) in [5, 5.41) is 24.1. The molecular weight excluding hydrogens is 398 g/mol. The maximum absolute atomic E-state index is 12.9. The summed E-state index contributed by atoms with van der Waals surface area (Å²) in [6.07, 6.45) is 2.30. The van der Waals surface area contributed by atoms with Gasteiger partial charge in [0.25, 0.3) is 11.6 Å². The van der Waals surface area contributed by atoms with Gasteiger partial charge in [0.1, 0.15) is 11.3 Å². The first-order valence-electron chi connectivity index (χ1n) is 9.56. The lowest BCUT2D eigenvalue weighted by atomic mass is 10.0. The number of aliphatic hydroxyl groups excluding tert-OH is 1. The molecule has 4 rings (SSSR count). The second kappa shape index (κ2) is 8.33. The monoisotopic (exact) mass is 417 g/mol. The second-order valence-electron chi connectivity index (χ2n) is 7.08. The molecule has 156 valence electrons. The van der Waals surface area contributed by atoms with Crippen LogP contribution in [-0.4, -0.2) is 36.9 Å². The van der Waals surface area contributed by atoms with Gasteiger partial charge in [-0.1, -0.05) is 6.07 Å². The number of aromatic amines is 1. The Morgan fingerprint density at radius 1 is 1.13 bits per heavy atom. The van der Waals surface area contributed by atoms with E-state index in [-0.39, 0.29) is 11.6 Å². The first kappa shape index (κ1) is 20.2. The molecule has 0 radical (unpaired) electrons. The van der Waals surface area contributed by atoms with Crippen LogP contribution in [0.4, 0.5) is 5.69 Å². The highest BCUT2D eigenvalue weighted by molar-refractivity contribution is 6.05. The van der Waals surface area contributed by atoms with Crippen molar-refractivity contribution in [3.63, 3.8) is 0 Å². The van der Waals surface area contributed by atoms with Crippen molar-refractivity contribution >= 4 is 22.6 Å². The molecule has 0 bridgehead atoms. The van der Waals surface area contributed by atoms with E-state index in [1.54, 1.807) is 31.5 Å². The molecule has 4 aromatic rings. The highest BCUT2D eigenvalue weighted by Crippen LogP contribution is 2.24. The highest BCUT2D eigenvalue weighted by atomic mass is 16.6. The molecule has 9 nitrogen and oxygen atoms in total. The van der Waals surface area contributed by atoms with Crippen LogP contribution in [0.5, 0.6) is 0 Å². The van der Waals surface area contributed by atoms with E-state index in [1.807, 2.05) is 18.2 Å². The quantitative estimate of drug-likeness (QED) is 0.325. The number of aliphatic hydroxyl groups is 1. The second-order valence-corrected chi connectivity index (χ2v) is 7.08. The molecule has 2 unspecified atom stereocenters. The van der Waals surface area contributed by atoms with E-state index in [9.17, 15) is 20.0 Å². The van der Waals surface area contributed by atoms with Gasteiger partial charge in [-0.05, 0) is 48.9 Å². The number of fused-ring (bicyclic) bond motifs is 1. The Morgan fingerprint density at radius 2 is 1.84 bits per heavy atom. The molecule has 0 fully saturated rings. The van der Waals surface area contributed by atoms with Gasteiger partial charge < -0.3 is 15.4 Å².